The lowest BCUT2D eigenvalue weighted by molar-refractivity contribution is 0.393. The normalized spacial score (nSPS) is 25.1. The van der Waals surface area contributed by atoms with E-state index >= 15 is 0 Å². The first-order valence-electron chi connectivity index (χ1n) is 6.66. The van der Waals surface area contributed by atoms with Crippen molar-refractivity contribution in [3.63, 3.8) is 0 Å². The first kappa shape index (κ1) is 13.8. The third kappa shape index (κ3) is 3.21. The van der Waals surface area contributed by atoms with Crippen LogP contribution >= 0.6 is 11.8 Å². The molecule has 0 aromatic heterocycles. The Morgan fingerprint density at radius 3 is 2.78 bits per heavy atom. The minimum Gasteiger partial charge on any atom is -0.496 e. The predicted molar refractivity (Wildman–Crippen MR) is 79.5 cm³/mol. The van der Waals surface area contributed by atoms with Gasteiger partial charge in [-0.2, -0.15) is 11.8 Å². The molecule has 0 saturated heterocycles. The van der Waals surface area contributed by atoms with Crippen molar-refractivity contribution in [1.82, 2.24) is 5.32 Å². The lowest BCUT2D eigenvalue weighted by Gasteiger charge is -2.21. The molecule has 100 valence electrons. The first-order chi connectivity index (χ1) is 8.74. The third-order valence-corrected chi connectivity index (χ3v) is 4.90. The molecule has 1 aliphatic carbocycles. The van der Waals surface area contributed by atoms with E-state index in [1.54, 1.807) is 7.11 Å². The highest BCUT2D eigenvalue weighted by molar-refractivity contribution is 7.99. The van der Waals surface area contributed by atoms with Gasteiger partial charge in [0.2, 0.25) is 0 Å². The Bertz CT molecular complexity index is 383. The maximum atomic E-state index is 5.43. The van der Waals surface area contributed by atoms with E-state index in [9.17, 15) is 0 Å². The SMILES string of the molecule is COc1ccccc1C(C)NC1CCC(SC)C1. The van der Waals surface area contributed by atoms with Crippen LogP contribution in [0.2, 0.25) is 0 Å². The summed E-state index contributed by atoms with van der Waals surface area (Å²) in [7, 11) is 1.74. The molecule has 1 aliphatic rings. The fraction of sp³-hybridized carbons (Fsp3) is 0.600. The summed E-state index contributed by atoms with van der Waals surface area (Å²) in [6.45, 7) is 2.23. The largest absolute Gasteiger partial charge is 0.496 e. The highest BCUT2D eigenvalue weighted by Gasteiger charge is 2.25. The molecule has 2 rings (SSSR count). The molecular formula is C15H23NOS. The van der Waals surface area contributed by atoms with Crippen molar-refractivity contribution in [3.8, 4) is 5.75 Å². The van der Waals surface area contributed by atoms with Gasteiger partial charge in [-0.1, -0.05) is 18.2 Å². The molecule has 1 N–H and O–H groups in total. The van der Waals surface area contributed by atoms with Crippen LogP contribution in [0.1, 0.15) is 37.8 Å². The molecule has 1 saturated carbocycles. The van der Waals surface area contributed by atoms with Crippen molar-refractivity contribution in [2.45, 2.75) is 43.5 Å². The van der Waals surface area contributed by atoms with Crippen LogP contribution in [0.4, 0.5) is 0 Å². The summed E-state index contributed by atoms with van der Waals surface area (Å²) in [5.74, 6) is 0.983. The standard InChI is InChI=1S/C15H23NOS/c1-11(14-6-4-5-7-15(14)17-2)16-12-8-9-13(10-12)18-3/h4-7,11-13,16H,8-10H2,1-3H3. The van der Waals surface area contributed by atoms with Gasteiger partial charge in [-0.3, -0.25) is 0 Å². The van der Waals surface area contributed by atoms with E-state index < -0.39 is 0 Å². The maximum Gasteiger partial charge on any atom is 0.123 e. The minimum absolute atomic E-state index is 0.353. The van der Waals surface area contributed by atoms with E-state index in [-0.39, 0.29) is 0 Å². The molecule has 18 heavy (non-hydrogen) atoms. The van der Waals surface area contributed by atoms with Gasteiger partial charge in [-0.15, -0.1) is 0 Å². The third-order valence-electron chi connectivity index (χ3n) is 3.81. The monoisotopic (exact) mass is 265 g/mol. The zero-order chi connectivity index (χ0) is 13.0. The first-order valence-corrected chi connectivity index (χ1v) is 7.95. The Balaban J connectivity index is 1.97. The van der Waals surface area contributed by atoms with E-state index in [4.69, 9.17) is 4.74 Å². The number of methoxy groups -OCH3 is 1. The number of rotatable bonds is 5. The molecule has 3 unspecified atom stereocenters. The molecule has 3 heteroatoms. The second kappa shape index (κ2) is 6.48. The van der Waals surface area contributed by atoms with Gasteiger partial charge < -0.3 is 10.1 Å². The summed E-state index contributed by atoms with van der Waals surface area (Å²) < 4.78 is 5.43. The molecule has 2 nitrogen and oxygen atoms in total. The molecule has 0 radical (unpaired) electrons. The van der Waals surface area contributed by atoms with Crippen molar-refractivity contribution >= 4 is 11.8 Å². The molecule has 0 amide bonds. The van der Waals surface area contributed by atoms with Gasteiger partial charge in [0.05, 0.1) is 7.11 Å². The fourth-order valence-corrected chi connectivity index (χ4v) is 3.57. The van der Waals surface area contributed by atoms with Gasteiger partial charge in [0.25, 0.3) is 0 Å². The van der Waals surface area contributed by atoms with Crippen molar-refractivity contribution in [3.05, 3.63) is 29.8 Å². The van der Waals surface area contributed by atoms with Crippen LogP contribution < -0.4 is 10.1 Å². The molecule has 0 bridgehead atoms. The second-order valence-corrected chi connectivity index (χ2v) is 6.14. The Labute approximate surface area is 114 Å². The van der Waals surface area contributed by atoms with Crippen LogP contribution in [0.3, 0.4) is 0 Å². The van der Waals surface area contributed by atoms with Gasteiger partial charge >= 0.3 is 0 Å². The summed E-state index contributed by atoms with van der Waals surface area (Å²) in [5.41, 5.74) is 1.26. The van der Waals surface area contributed by atoms with Gasteiger partial charge in [-0.25, -0.2) is 0 Å². The Hall–Kier alpha value is -0.670. The second-order valence-electron chi connectivity index (χ2n) is 5.00. The number of benzene rings is 1. The molecule has 0 spiro atoms. The average Bonchev–Trinajstić information content (AvgIpc) is 2.86. The number of nitrogens with one attached hydrogen (secondary N) is 1. The molecule has 1 fully saturated rings. The van der Waals surface area contributed by atoms with Gasteiger partial charge in [0.1, 0.15) is 5.75 Å². The Morgan fingerprint density at radius 1 is 1.33 bits per heavy atom. The highest BCUT2D eigenvalue weighted by Crippen LogP contribution is 2.31. The van der Waals surface area contributed by atoms with Crippen LogP contribution in [0, 0.1) is 0 Å². The number of para-hydroxylation sites is 1. The van der Waals surface area contributed by atoms with Crippen LogP contribution in [-0.2, 0) is 0 Å². The van der Waals surface area contributed by atoms with E-state index in [1.807, 2.05) is 23.9 Å². The lowest BCUT2D eigenvalue weighted by atomic mass is 10.1. The summed E-state index contributed by atoms with van der Waals surface area (Å²) >= 11 is 2.00. The Morgan fingerprint density at radius 2 is 2.11 bits per heavy atom. The van der Waals surface area contributed by atoms with E-state index in [0.29, 0.717) is 12.1 Å². The van der Waals surface area contributed by atoms with Crippen LogP contribution in [0.25, 0.3) is 0 Å². The molecule has 1 aromatic rings. The van der Waals surface area contributed by atoms with E-state index in [1.165, 1.54) is 24.8 Å². The molecule has 0 aliphatic heterocycles. The van der Waals surface area contributed by atoms with Crippen molar-refractivity contribution in [2.24, 2.45) is 0 Å². The topological polar surface area (TPSA) is 21.3 Å². The van der Waals surface area contributed by atoms with Gasteiger partial charge in [0, 0.05) is 22.9 Å². The average molecular weight is 265 g/mol. The van der Waals surface area contributed by atoms with Crippen LogP contribution in [0.15, 0.2) is 24.3 Å². The quantitative estimate of drug-likeness (QED) is 0.878. The highest BCUT2D eigenvalue weighted by atomic mass is 32.2. The van der Waals surface area contributed by atoms with E-state index in [0.717, 1.165) is 11.0 Å². The number of hydrogen-bond acceptors (Lipinski definition) is 3. The van der Waals surface area contributed by atoms with Crippen LogP contribution in [-0.4, -0.2) is 24.7 Å². The summed E-state index contributed by atoms with van der Waals surface area (Å²) in [6.07, 6.45) is 6.15. The van der Waals surface area contributed by atoms with Crippen molar-refractivity contribution in [2.75, 3.05) is 13.4 Å². The molecule has 3 atom stereocenters. The number of hydrogen-bond donors (Lipinski definition) is 1. The number of ether oxygens (including phenoxy) is 1. The predicted octanol–water partition coefficient (Wildman–Crippen LogP) is 3.63. The lowest BCUT2D eigenvalue weighted by Crippen LogP contribution is -2.29. The van der Waals surface area contributed by atoms with Crippen LogP contribution in [0.5, 0.6) is 5.75 Å². The summed E-state index contributed by atoms with van der Waals surface area (Å²) in [4.78, 5) is 0. The molecular weight excluding hydrogens is 242 g/mol. The minimum atomic E-state index is 0.353. The zero-order valence-corrected chi connectivity index (χ0v) is 12.3. The maximum absolute atomic E-state index is 5.43. The molecule has 0 heterocycles. The van der Waals surface area contributed by atoms with Gasteiger partial charge in [0.15, 0.2) is 0 Å². The fourth-order valence-electron chi connectivity index (χ4n) is 2.77. The Kier molecular flexibility index (Phi) is 4.95. The van der Waals surface area contributed by atoms with E-state index in [2.05, 4.69) is 30.6 Å². The zero-order valence-electron chi connectivity index (χ0n) is 11.5. The summed E-state index contributed by atoms with van der Waals surface area (Å²) in [6, 6.07) is 9.29. The molecule has 1 aromatic carbocycles. The van der Waals surface area contributed by atoms with Gasteiger partial charge in [-0.05, 0) is 38.5 Å². The van der Waals surface area contributed by atoms with Crippen molar-refractivity contribution in [1.29, 1.82) is 0 Å². The number of thioether (sulfide) groups is 1. The van der Waals surface area contributed by atoms with Crippen molar-refractivity contribution < 1.29 is 4.74 Å². The smallest absolute Gasteiger partial charge is 0.123 e. The summed E-state index contributed by atoms with van der Waals surface area (Å²) in [5, 5.41) is 4.58.